The molecule has 2 heterocycles. The second-order valence-corrected chi connectivity index (χ2v) is 7.56. The van der Waals surface area contributed by atoms with Crippen molar-refractivity contribution in [2.45, 2.75) is 19.6 Å². The summed E-state index contributed by atoms with van der Waals surface area (Å²) in [6.07, 6.45) is 6.31. The van der Waals surface area contributed by atoms with Gasteiger partial charge in [-0.05, 0) is 49.8 Å². The van der Waals surface area contributed by atoms with Gasteiger partial charge in [-0.15, -0.1) is 0 Å². The van der Waals surface area contributed by atoms with E-state index in [0.717, 1.165) is 52.5 Å². The zero-order valence-electron chi connectivity index (χ0n) is 17.3. The molecule has 2 aliphatic heterocycles. The van der Waals surface area contributed by atoms with E-state index in [2.05, 4.69) is 67.3 Å². The fourth-order valence-corrected chi connectivity index (χ4v) is 4.20. The lowest BCUT2D eigenvalue weighted by Gasteiger charge is -2.40. The molecule has 3 heteroatoms. The summed E-state index contributed by atoms with van der Waals surface area (Å²) in [6.45, 7) is 6.25. The summed E-state index contributed by atoms with van der Waals surface area (Å²) in [5.41, 5.74) is 5.36. The third-order valence-corrected chi connectivity index (χ3v) is 5.81. The molecule has 0 saturated carbocycles. The molecule has 30 heavy (non-hydrogen) atoms. The van der Waals surface area contributed by atoms with Crippen molar-refractivity contribution < 1.29 is 9.47 Å². The third-order valence-electron chi connectivity index (χ3n) is 5.81. The smallest absolute Gasteiger partial charge is 0.299 e. The van der Waals surface area contributed by atoms with E-state index < -0.39 is 5.79 Å². The molecule has 3 aromatic rings. The topological polar surface area (TPSA) is 21.7 Å². The van der Waals surface area contributed by atoms with E-state index in [1.165, 1.54) is 0 Å². The van der Waals surface area contributed by atoms with Crippen molar-refractivity contribution >= 4 is 23.4 Å². The molecule has 1 unspecified atom stereocenters. The normalized spacial score (nSPS) is 18.7. The quantitative estimate of drug-likeness (QED) is 0.520. The summed E-state index contributed by atoms with van der Waals surface area (Å²) in [5.74, 6) is 0.665. The van der Waals surface area contributed by atoms with Crippen LogP contribution in [0.1, 0.15) is 30.5 Å². The highest BCUT2D eigenvalue weighted by molar-refractivity contribution is 5.91. The first-order valence-corrected chi connectivity index (χ1v) is 10.6. The highest BCUT2D eigenvalue weighted by atomic mass is 16.7. The van der Waals surface area contributed by atoms with Gasteiger partial charge in [-0.25, -0.2) is 0 Å². The zero-order chi connectivity index (χ0) is 20.6. The molecule has 1 atom stereocenters. The number of para-hydroxylation sites is 1. The maximum Gasteiger partial charge on any atom is 0.299 e. The lowest BCUT2D eigenvalue weighted by Crippen LogP contribution is -2.44. The van der Waals surface area contributed by atoms with Crippen molar-refractivity contribution in [1.29, 1.82) is 0 Å². The molecule has 2 aliphatic rings. The van der Waals surface area contributed by atoms with Crippen molar-refractivity contribution in [2.24, 2.45) is 0 Å². The van der Waals surface area contributed by atoms with Gasteiger partial charge in [0.2, 0.25) is 0 Å². The molecule has 1 spiro atoms. The monoisotopic (exact) mass is 395 g/mol. The average Bonchev–Trinajstić information content (AvgIpc) is 2.80. The van der Waals surface area contributed by atoms with Gasteiger partial charge in [-0.3, -0.25) is 0 Å². The van der Waals surface area contributed by atoms with Crippen LogP contribution in [0.2, 0.25) is 0 Å². The molecule has 0 aromatic heterocycles. The molecule has 0 N–H and O–H groups in total. The molecule has 150 valence electrons. The van der Waals surface area contributed by atoms with Gasteiger partial charge in [0, 0.05) is 47.6 Å². The number of ether oxygens (including phenoxy) is 2. The Bertz CT molecular complexity index is 1130. The van der Waals surface area contributed by atoms with Gasteiger partial charge in [0.25, 0.3) is 5.79 Å². The van der Waals surface area contributed by atoms with Crippen LogP contribution in [0.3, 0.4) is 0 Å². The van der Waals surface area contributed by atoms with E-state index in [-0.39, 0.29) is 0 Å². The van der Waals surface area contributed by atoms with Crippen LogP contribution >= 0.6 is 0 Å². The Hall–Kier alpha value is -3.46. The van der Waals surface area contributed by atoms with Crippen molar-refractivity contribution in [1.82, 2.24) is 0 Å². The molecule has 0 radical (unpaired) electrons. The van der Waals surface area contributed by atoms with Gasteiger partial charge in [0.15, 0.2) is 0 Å². The first-order chi connectivity index (χ1) is 14.7. The Balaban J connectivity index is 1.63. The molecule has 0 aliphatic carbocycles. The summed E-state index contributed by atoms with van der Waals surface area (Å²) in [5, 5.41) is 0. The van der Waals surface area contributed by atoms with E-state index >= 15 is 0 Å². The molecular weight excluding hydrogens is 370 g/mol. The van der Waals surface area contributed by atoms with Gasteiger partial charge in [-0.1, -0.05) is 48.5 Å². The van der Waals surface area contributed by atoms with Crippen LogP contribution < -0.4 is 14.4 Å². The second kappa shape index (κ2) is 7.42. The van der Waals surface area contributed by atoms with E-state index in [1.807, 2.05) is 42.5 Å². The van der Waals surface area contributed by atoms with E-state index in [0.29, 0.717) is 0 Å². The van der Waals surface area contributed by atoms with Crippen LogP contribution in [-0.2, 0) is 0 Å². The fraction of sp³-hybridized carbons (Fsp3) is 0.185. The van der Waals surface area contributed by atoms with Crippen molar-refractivity contribution in [3.05, 3.63) is 95.6 Å². The lowest BCUT2D eigenvalue weighted by molar-refractivity contribution is -0.0211. The van der Waals surface area contributed by atoms with Gasteiger partial charge < -0.3 is 14.4 Å². The minimum absolute atomic E-state index is 0.824. The molecule has 0 bridgehead atoms. The van der Waals surface area contributed by atoms with Crippen molar-refractivity contribution in [3.63, 3.8) is 0 Å². The van der Waals surface area contributed by atoms with Crippen LogP contribution in [0, 0.1) is 0 Å². The van der Waals surface area contributed by atoms with Crippen molar-refractivity contribution in [3.8, 4) is 11.5 Å². The predicted octanol–water partition coefficient (Wildman–Crippen LogP) is 6.27. The highest BCUT2D eigenvalue weighted by Crippen LogP contribution is 2.46. The molecule has 0 fully saturated rings. The molecular formula is C27H25NO2. The largest absolute Gasteiger partial charge is 0.444 e. The van der Waals surface area contributed by atoms with Crippen LogP contribution in [-0.4, -0.2) is 18.9 Å². The van der Waals surface area contributed by atoms with Gasteiger partial charge in [0.1, 0.15) is 11.5 Å². The minimum atomic E-state index is -0.995. The van der Waals surface area contributed by atoms with Gasteiger partial charge >= 0.3 is 0 Å². The van der Waals surface area contributed by atoms with E-state index in [4.69, 9.17) is 9.47 Å². The number of anilines is 1. The Labute approximate surface area is 177 Å². The standard InChI is InChI=1S/C27H25NO2/c1-3-28(4-2)23-15-14-21-16-17-27(30-26(21)19-23)24(20-10-6-5-7-11-20)18-22-12-8-9-13-25(22)29-27/h5-19H,3-4H2,1-2H3. The Morgan fingerprint density at radius 1 is 0.767 bits per heavy atom. The van der Waals surface area contributed by atoms with Crippen LogP contribution in [0.15, 0.2) is 78.9 Å². The van der Waals surface area contributed by atoms with E-state index in [1.54, 1.807) is 0 Å². The van der Waals surface area contributed by atoms with Crippen LogP contribution in [0.5, 0.6) is 11.5 Å². The third kappa shape index (κ3) is 3.07. The number of fused-ring (bicyclic) bond motifs is 2. The van der Waals surface area contributed by atoms with Crippen LogP contribution in [0.4, 0.5) is 5.69 Å². The highest BCUT2D eigenvalue weighted by Gasteiger charge is 2.43. The van der Waals surface area contributed by atoms with Crippen LogP contribution in [0.25, 0.3) is 17.7 Å². The Morgan fingerprint density at radius 3 is 2.30 bits per heavy atom. The number of benzene rings is 3. The predicted molar refractivity (Wildman–Crippen MR) is 124 cm³/mol. The van der Waals surface area contributed by atoms with Gasteiger partial charge in [0.05, 0.1) is 0 Å². The number of nitrogens with zero attached hydrogens (tertiary/aromatic N) is 1. The number of hydrogen-bond donors (Lipinski definition) is 0. The van der Waals surface area contributed by atoms with Crippen molar-refractivity contribution in [2.75, 3.05) is 18.0 Å². The molecule has 5 rings (SSSR count). The summed E-state index contributed by atoms with van der Waals surface area (Å²) in [4.78, 5) is 2.32. The van der Waals surface area contributed by atoms with E-state index in [9.17, 15) is 0 Å². The lowest BCUT2D eigenvalue weighted by atomic mass is 9.90. The molecule has 0 saturated heterocycles. The maximum atomic E-state index is 6.66. The number of hydrogen-bond acceptors (Lipinski definition) is 3. The molecule has 0 amide bonds. The summed E-state index contributed by atoms with van der Waals surface area (Å²) < 4.78 is 13.2. The molecule has 3 nitrogen and oxygen atoms in total. The SMILES string of the molecule is CCN(CC)c1ccc2c(c1)OC1(C=C2)Oc2ccccc2C=C1c1ccccc1. The summed E-state index contributed by atoms with van der Waals surface area (Å²) in [7, 11) is 0. The average molecular weight is 396 g/mol. The summed E-state index contributed by atoms with van der Waals surface area (Å²) in [6, 6.07) is 24.8. The molecule has 3 aromatic carbocycles. The Morgan fingerprint density at radius 2 is 1.50 bits per heavy atom. The van der Waals surface area contributed by atoms with Gasteiger partial charge in [-0.2, -0.15) is 0 Å². The first-order valence-electron chi connectivity index (χ1n) is 10.6. The maximum absolute atomic E-state index is 6.66. The number of rotatable bonds is 4. The first kappa shape index (κ1) is 18.6. The fourth-order valence-electron chi connectivity index (χ4n) is 4.20. The second-order valence-electron chi connectivity index (χ2n) is 7.56. The zero-order valence-corrected chi connectivity index (χ0v) is 17.3. The Kier molecular flexibility index (Phi) is 4.59. The summed E-state index contributed by atoms with van der Waals surface area (Å²) >= 11 is 0. The minimum Gasteiger partial charge on any atom is -0.444 e.